The summed E-state index contributed by atoms with van der Waals surface area (Å²) in [5.74, 6) is 0.581. The molecule has 1 saturated heterocycles. The second kappa shape index (κ2) is 9.05. The van der Waals surface area contributed by atoms with Gasteiger partial charge in [-0.2, -0.15) is 0 Å². The van der Waals surface area contributed by atoms with E-state index < -0.39 is 5.41 Å². The number of aromatic nitrogens is 2. The van der Waals surface area contributed by atoms with Crippen molar-refractivity contribution in [3.05, 3.63) is 71.8 Å². The summed E-state index contributed by atoms with van der Waals surface area (Å²) in [6.07, 6.45) is 6.48. The van der Waals surface area contributed by atoms with Crippen molar-refractivity contribution in [2.24, 2.45) is 0 Å². The van der Waals surface area contributed by atoms with E-state index in [1.54, 1.807) is 25.4 Å². The number of rotatable bonds is 5. The Morgan fingerprint density at radius 1 is 1.15 bits per heavy atom. The van der Waals surface area contributed by atoms with E-state index in [1.165, 1.54) is 6.07 Å². The second-order valence-corrected chi connectivity index (χ2v) is 9.18. The summed E-state index contributed by atoms with van der Waals surface area (Å²) in [6, 6.07) is 14.2. The second-order valence-electron chi connectivity index (χ2n) is 9.18. The fraction of sp³-hybridized carbons (Fsp3) is 0.370. The molecular weight excluding hydrogens is 431 g/mol. The topological polar surface area (TPSA) is 81.3 Å². The highest BCUT2D eigenvalue weighted by molar-refractivity contribution is 5.89. The van der Waals surface area contributed by atoms with Gasteiger partial charge in [-0.05, 0) is 49.4 Å². The van der Waals surface area contributed by atoms with Crippen LogP contribution in [0.4, 0.5) is 10.3 Å². The molecule has 3 aromatic rings. The molecule has 2 aromatic carbocycles. The highest BCUT2D eigenvalue weighted by atomic mass is 19.1. The number of carbonyl (C=O) groups excluding carboxylic acids is 1. The Bertz CT molecular complexity index is 1210. The van der Waals surface area contributed by atoms with Crippen molar-refractivity contribution in [3.8, 4) is 16.9 Å². The molecule has 1 atom stereocenters. The number of nitrogen functional groups attached to an aromatic ring is 1. The lowest BCUT2D eigenvalue weighted by Gasteiger charge is -2.36. The van der Waals surface area contributed by atoms with Gasteiger partial charge in [0.2, 0.25) is 11.9 Å². The van der Waals surface area contributed by atoms with Crippen LogP contribution in [0.1, 0.15) is 55.8 Å². The van der Waals surface area contributed by atoms with Gasteiger partial charge in [-0.25, -0.2) is 14.4 Å². The van der Waals surface area contributed by atoms with Gasteiger partial charge < -0.3 is 15.4 Å². The fourth-order valence-corrected chi connectivity index (χ4v) is 5.67. The van der Waals surface area contributed by atoms with Gasteiger partial charge in [0, 0.05) is 23.9 Å². The molecule has 1 saturated carbocycles. The molecule has 1 unspecified atom stereocenters. The standard InChI is InChI=1S/C27H29FN4O2/c1-34-19-9-6-8-18(16-19)20-17-30-26(29)31-24(20)23-12-7-15-32(23)25(33)27(13-4-5-14-27)21-10-2-3-11-22(21)28/h2-3,6,8-11,16-17,23H,4-5,7,12-15H2,1H3,(H2,29,30,31). The Hall–Kier alpha value is -3.48. The van der Waals surface area contributed by atoms with Gasteiger partial charge in [-0.1, -0.05) is 43.2 Å². The lowest BCUT2D eigenvalue weighted by Crippen LogP contribution is -2.45. The number of likely N-dealkylation sites (tertiary alicyclic amines) is 1. The number of nitrogens with zero attached hydrogens (tertiary/aromatic N) is 3. The molecule has 176 valence electrons. The van der Waals surface area contributed by atoms with Crippen molar-refractivity contribution in [3.63, 3.8) is 0 Å². The third-order valence-electron chi connectivity index (χ3n) is 7.30. The summed E-state index contributed by atoms with van der Waals surface area (Å²) >= 11 is 0. The molecule has 2 N–H and O–H groups in total. The zero-order chi connectivity index (χ0) is 23.7. The Morgan fingerprint density at radius 3 is 2.71 bits per heavy atom. The highest BCUT2D eigenvalue weighted by Gasteiger charge is 2.49. The maximum Gasteiger partial charge on any atom is 0.233 e. The van der Waals surface area contributed by atoms with E-state index in [9.17, 15) is 9.18 Å². The largest absolute Gasteiger partial charge is 0.497 e. The molecule has 1 aliphatic heterocycles. The quantitative estimate of drug-likeness (QED) is 0.576. The van der Waals surface area contributed by atoms with Crippen LogP contribution < -0.4 is 10.5 Å². The van der Waals surface area contributed by atoms with Crippen molar-refractivity contribution >= 4 is 11.9 Å². The summed E-state index contributed by atoms with van der Waals surface area (Å²) in [5.41, 5.74) is 8.15. The van der Waals surface area contributed by atoms with Gasteiger partial charge in [0.15, 0.2) is 0 Å². The van der Waals surface area contributed by atoms with Crippen molar-refractivity contribution in [2.45, 2.75) is 50.0 Å². The van der Waals surface area contributed by atoms with Crippen LogP contribution in [0.15, 0.2) is 54.7 Å². The smallest absolute Gasteiger partial charge is 0.233 e. The van der Waals surface area contributed by atoms with Crippen molar-refractivity contribution in [1.29, 1.82) is 0 Å². The minimum Gasteiger partial charge on any atom is -0.497 e. The number of anilines is 1. The molecule has 7 heteroatoms. The van der Waals surface area contributed by atoms with Crippen LogP contribution in [0.2, 0.25) is 0 Å². The Morgan fingerprint density at radius 2 is 1.94 bits per heavy atom. The predicted molar refractivity (Wildman–Crippen MR) is 129 cm³/mol. The molecule has 0 bridgehead atoms. The Kier molecular flexibility index (Phi) is 5.94. The summed E-state index contributed by atoms with van der Waals surface area (Å²) < 4.78 is 20.3. The SMILES string of the molecule is COc1cccc(-c2cnc(N)nc2C2CCCN2C(=O)C2(c3ccccc3F)CCCC2)c1. The number of ether oxygens (including phenoxy) is 1. The Labute approximate surface area is 199 Å². The number of benzene rings is 2. The normalized spacial score (nSPS) is 19.4. The van der Waals surface area contributed by atoms with Crippen LogP contribution in [-0.2, 0) is 10.2 Å². The Balaban J connectivity index is 1.57. The number of hydrogen-bond donors (Lipinski definition) is 1. The van der Waals surface area contributed by atoms with E-state index in [0.717, 1.165) is 48.3 Å². The minimum atomic E-state index is -0.831. The van der Waals surface area contributed by atoms with E-state index >= 15 is 0 Å². The molecule has 2 heterocycles. The van der Waals surface area contributed by atoms with Crippen LogP contribution in [0.3, 0.4) is 0 Å². The molecule has 1 aromatic heterocycles. The van der Waals surface area contributed by atoms with E-state index in [1.807, 2.05) is 35.2 Å². The van der Waals surface area contributed by atoms with E-state index in [4.69, 9.17) is 10.5 Å². The van der Waals surface area contributed by atoms with E-state index in [0.29, 0.717) is 24.9 Å². The predicted octanol–water partition coefficient (Wildman–Crippen LogP) is 5.05. The third-order valence-corrected chi connectivity index (χ3v) is 7.30. The highest BCUT2D eigenvalue weighted by Crippen LogP contribution is 2.47. The summed E-state index contributed by atoms with van der Waals surface area (Å²) in [4.78, 5) is 25.0. The maximum atomic E-state index is 14.9. The van der Waals surface area contributed by atoms with Gasteiger partial charge in [-0.3, -0.25) is 4.79 Å². The molecule has 34 heavy (non-hydrogen) atoms. The molecule has 0 spiro atoms. The van der Waals surface area contributed by atoms with Crippen LogP contribution in [0.25, 0.3) is 11.1 Å². The van der Waals surface area contributed by atoms with Gasteiger partial charge in [0.05, 0.1) is 24.3 Å². The van der Waals surface area contributed by atoms with Crippen molar-refractivity contribution < 1.29 is 13.9 Å². The molecular formula is C27H29FN4O2. The first-order valence-electron chi connectivity index (χ1n) is 11.9. The van der Waals surface area contributed by atoms with Gasteiger partial charge >= 0.3 is 0 Å². The molecule has 0 radical (unpaired) electrons. The van der Waals surface area contributed by atoms with Crippen molar-refractivity contribution in [1.82, 2.24) is 14.9 Å². The maximum absolute atomic E-state index is 14.9. The first-order chi connectivity index (χ1) is 16.5. The third kappa shape index (κ3) is 3.79. The summed E-state index contributed by atoms with van der Waals surface area (Å²) in [7, 11) is 1.63. The molecule has 2 aliphatic rings. The first kappa shape index (κ1) is 22.3. The monoisotopic (exact) mass is 460 g/mol. The molecule has 1 aliphatic carbocycles. The average molecular weight is 461 g/mol. The molecule has 1 amide bonds. The lowest BCUT2D eigenvalue weighted by atomic mass is 9.77. The van der Waals surface area contributed by atoms with Gasteiger partial charge in [0.1, 0.15) is 11.6 Å². The lowest BCUT2D eigenvalue weighted by molar-refractivity contribution is -0.138. The summed E-state index contributed by atoms with van der Waals surface area (Å²) in [6.45, 7) is 0.612. The number of carbonyl (C=O) groups is 1. The van der Waals surface area contributed by atoms with E-state index in [-0.39, 0.29) is 23.7 Å². The molecule has 6 nitrogen and oxygen atoms in total. The first-order valence-corrected chi connectivity index (χ1v) is 11.9. The van der Waals surface area contributed by atoms with Gasteiger partial charge in [0.25, 0.3) is 0 Å². The zero-order valence-electron chi connectivity index (χ0n) is 19.3. The zero-order valence-corrected chi connectivity index (χ0v) is 19.3. The van der Waals surface area contributed by atoms with E-state index in [2.05, 4.69) is 9.97 Å². The van der Waals surface area contributed by atoms with Crippen LogP contribution in [0, 0.1) is 5.82 Å². The number of methoxy groups -OCH3 is 1. The average Bonchev–Trinajstić information content (AvgIpc) is 3.55. The number of halogens is 1. The molecule has 2 fully saturated rings. The fourth-order valence-electron chi connectivity index (χ4n) is 5.67. The van der Waals surface area contributed by atoms with Crippen molar-refractivity contribution in [2.75, 3.05) is 19.4 Å². The molecule has 5 rings (SSSR count). The summed E-state index contributed by atoms with van der Waals surface area (Å²) in [5, 5.41) is 0. The van der Waals surface area contributed by atoms with Crippen LogP contribution in [-0.4, -0.2) is 34.4 Å². The number of amides is 1. The number of hydrogen-bond acceptors (Lipinski definition) is 5. The van der Waals surface area contributed by atoms with Gasteiger partial charge in [-0.15, -0.1) is 0 Å². The van der Waals surface area contributed by atoms with Crippen LogP contribution in [0.5, 0.6) is 5.75 Å². The minimum absolute atomic E-state index is 0.00799. The van der Waals surface area contributed by atoms with Crippen LogP contribution >= 0.6 is 0 Å². The number of nitrogens with two attached hydrogens (primary N) is 1.